The lowest BCUT2D eigenvalue weighted by atomic mass is 9.93. The summed E-state index contributed by atoms with van der Waals surface area (Å²) in [4.78, 5) is 11.4. The molecule has 1 amide bonds. The maximum absolute atomic E-state index is 13.9. The molecule has 0 unspecified atom stereocenters. The molecular weight excluding hydrogens is 171 g/mol. The number of halogens is 1. The van der Waals surface area contributed by atoms with Crippen molar-refractivity contribution in [2.45, 2.75) is 38.4 Å². The Morgan fingerprint density at radius 2 is 2.00 bits per heavy atom. The minimum absolute atomic E-state index is 0.00927. The van der Waals surface area contributed by atoms with Gasteiger partial charge in [-0.1, -0.05) is 0 Å². The normalized spacial score (nSPS) is 21.5. The number of carbonyl (C=O) groups excluding carboxylic acids is 1. The van der Waals surface area contributed by atoms with Gasteiger partial charge in [0.25, 0.3) is 5.91 Å². The van der Waals surface area contributed by atoms with E-state index in [0.29, 0.717) is 13.1 Å². The molecule has 0 radical (unpaired) electrons. The summed E-state index contributed by atoms with van der Waals surface area (Å²) in [6, 6.07) is 0.00927. The number of alkyl halides is 1. The lowest BCUT2D eigenvalue weighted by Crippen LogP contribution is -2.51. The molecule has 13 heavy (non-hydrogen) atoms. The molecule has 1 heterocycles. The summed E-state index contributed by atoms with van der Waals surface area (Å²) in [5.74, 6) is -0.455. The van der Waals surface area contributed by atoms with Crippen LogP contribution in [0.25, 0.3) is 0 Å². The Morgan fingerprint density at radius 3 is 2.46 bits per heavy atom. The third kappa shape index (κ3) is 2.66. The van der Waals surface area contributed by atoms with Gasteiger partial charge in [-0.05, 0) is 26.9 Å². The van der Waals surface area contributed by atoms with Gasteiger partial charge in [-0.2, -0.15) is 0 Å². The number of hydrogen-bond acceptors (Lipinski definition) is 2. The standard InChI is InChI=1S/C9H17FN2O/c1-7(2)12-8(13)9(10)3-5-11-6-4-9/h7,11H,3-6H2,1-2H3,(H,12,13). The van der Waals surface area contributed by atoms with Crippen LogP contribution in [0.4, 0.5) is 4.39 Å². The topological polar surface area (TPSA) is 41.1 Å². The van der Waals surface area contributed by atoms with E-state index in [2.05, 4.69) is 10.6 Å². The molecule has 2 N–H and O–H groups in total. The highest BCUT2D eigenvalue weighted by atomic mass is 19.1. The highest BCUT2D eigenvalue weighted by molar-refractivity contribution is 5.85. The van der Waals surface area contributed by atoms with Gasteiger partial charge in [0, 0.05) is 18.9 Å². The second-order valence-electron chi connectivity index (χ2n) is 3.84. The largest absolute Gasteiger partial charge is 0.351 e. The molecule has 0 bridgehead atoms. The van der Waals surface area contributed by atoms with Gasteiger partial charge >= 0.3 is 0 Å². The van der Waals surface area contributed by atoms with Crippen LogP contribution in [0.15, 0.2) is 0 Å². The van der Waals surface area contributed by atoms with Crippen molar-refractivity contribution in [1.29, 1.82) is 0 Å². The molecule has 3 nitrogen and oxygen atoms in total. The maximum Gasteiger partial charge on any atom is 0.257 e. The van der Waals surface area contributed by atoms with Gasteiger partial charge in [0.05, 0.1) is 0 Å². The van der Waals surface area contributed by atoms with Gasteiger partial charge < -0.3 is 10.6 Å². The van der Waals surface area contributed by atoms with Crippen molar-refractivity contribution in [2.75, 3.05) is 13.1 Å². The quantitative estimate of drug-likeness (QED) is 0.666. The molecule has 0 aromatic rings. The summed E-state index contributed by atoms with van der Waals surface area (Å²) in [6.45, 7) is 4.84. The Kier molecular flexibility index (Phi) is 3.25. The van der Waals surface area contributed by atoms with E-state index in [4.69, 9.17) is 0 Å². The van der Waals surface area contributed by atoms with Gasteiger partial charge in [0.2, 0.25) is 0 Å². The number of nitrogens with one attached hydrogen (secondary N) is 2. The summed E-state index contributed by atoms with van der Waals surface area (Å²) in [7, 11) is 0. The fourth-order valence-electron chi connectivity index (χ4n) is 1.44. The van der Waals surface area contributed by atoms with Crippen LogP contribution < -0.4 is 10.6 Å². The van der Waals surface area contributed by atoms with Gasteiger partial charge in [0.15, 0.2) is 5.67 Å². The van der Waals surface area contributed by atoms with Gasteiger partial charge in [0.1, 0.15) is 0 Å². The zero-order chi connectivity index (χ0) is 9.90. The van der Waals surface area contributed by atoms with Crippen LogP contribution in [-0.2, 0) is 4.79 Å². The highest BCUT2D eigenvalue weighted by Crippen LogP contribution is 2.23. The Labute approximate surface area is 78.1 Å². The molecule has 1 saturated heterocycles. The van der Waals surface area contributed by atoms with Crippen molar-refractivity contribution >= 4 is 5.91 Å². The first-order valence-corrected chi connectivity index (χ1v) is 4.75. The Bertz CT molecular complexity index is 188. The van der Waals surface area contributed by atoms with Crippen molar-refractivity contribution in [3.8, 4) is 0 Å². The maximum atomic E-state index is 13.9. The van der Waals surface area contributed by atoms with E-state index >= 15 is 0 Å². The molecule has 0 saturated carbocycles. The Morgan fingerprint density at radius 1 is 1.46 bits per heavy atom. The predicted octanol–water partition coefficient (Wildman–Crippen LogP) is 0.603. The van der Waals surface area contributed by atoms with E-state index < -0.39 is 11.6 Å². The van der Waals surface area contributed by atoms with E-state index in [9.17, 15) is 9.18 Å². The van der Waals surface area contributed by atoms with Gasteiger partial charge in [-0.3, -0.25) is 4.79 Å². The van der Waals surface area contributed by atoms with Crippen molar-refractivity contribution in [3.63, 3.8) is 0 Å². The lowest BCUT2D eigenvalue weighted by molar-refractivity contribution is -0.135. The highest BCUT2D eigenvalue weighted by Gasteiger charge is 2.39. The molecule has 1 fully saturated rings. The van der Waals surface area contributed by atoms with Crippen LogP contribution in [-0.4, -0.2) is 30.7 Å². The van der Waals surface area contributed by atoms with Crippen LogP contribution >= 0.6 is 0 Å². The van der Waals surface area contributed by atoms with Crippen LogP contribution in [0, 0.1) is 0 Å². The molecule has 0 spiro atoms. The molecule has 76 valence electrons. The molecular formula is C9H17FN2O. The minimum Gasteiger partial charge on any atom is -0.351 e. The third-order valence-electron chi connectivity index (χ3n) is 2.22. The molecule has 0 atom stereocenters. The minimum atomic E-state index is -1.64. The van der Waals surface area contributed by atoms with Crippen LogP contribution in [0.1, 0.15) is 26.7 Å². The number of hydrogen-bond donors (Lipinski definition) is 2. The van der Waals surface area contributed by atoms with E-state index in [0.717, 1.165) is 0 Å². The zero-order valence-electron chi connectivity index (χ0n) is 8.19. The van der Waals surface area contributed by atoms with Crippen molar-refractivity contribution < 1.29 is 9.18 Å². The molecule has 0 aliphatic carbocycles. The van der Waals surface area contributed by atoms with Gasteiger partial charge in [-0.15, -0.1) is 0 Å². The predicted molar refractivity (Wildman–Crippen MR) is 49.2 cm³/mol. The first kappa shape index (κ1) is 10.4. The second-order valence-corrected chi connectivity index (χ2v) is 3.84. The fourth-order valence-corrected chi connectivity index (χ4v) is 1.44. The molecule has 1 aliphatic rings. The molecule has 0 aromatic heterocycles. The first-order chi connectivity index (χ1) is 6.04. The van der Waals surface area contributed by atoms with Crippen LogP contribution in [0.2, 0.25) is 0 Å². The average molecular weight is 188 g/mol. The monoisotopic (exact) mass is 188 g/mol. The summed E-state index contributed by atoms with van der Waals surface area (Å²) < 4.78 is 13.9. The van der Waals surface area contributed by atoms with Crippen molar-refractivity contribution in [1.82, 2.24) is 10.6 Å². The van der Waals surface area contributed by atoms with Crippen molar-refractivity contribution in [3.05, 3.63) is 0 Å². The summed E-state index contributed by atoms with van der Waals surface area (Å²) in [5.41, 5.74) is -1.64. The Hall–Kier alpha value is -0.640. The van der Waals surface area contributed by atoms with Gasteiger partial charge in [-0.25, -0.2) is 4.39 Å². The van der Waals surface area contributed by atoms with Crippen LogP contribution in [0.3, 0.4) is 0 Å². The smallest absolute Gasteiger partial charge is 0.257 e. The molecule has 0 aromatic carbocycles. The van der Waals surface area contributed by atoms with Crippen LogP contribution in [0.5, 0.6) is 0 Å². The molecule has 4 heteroatoms. The zero-order valence-corrected chi connectivity index (χ0v) is 8.19. The fraction of sp³-hybridized carbons (Fsp3) is 0.889. The molecule has 1 rings (SSSR count). The Balaban J connectivity index is 2.51. The lowest BCUT2D eigenvalue weighted by Gasteiger charge is -2.29. The van der Waals surface area contributed by atoms with E-state index in [1.54, 1.807) is 0 Å². The van der Waals surface area contributed by atoms with E-state index in [-0.39, 0.29) is 18.9 Å². The number of piperidine rings is 1. The molecule has 1 aliphatic heterocycles. The number of rotatable bonds is 2. The third-order valence-corrected chi connectivity index (χ3v) is 2.22. The average Bonchev–Trinajstić information content (AvgIpc) is 2.04. The van der Waals surface area contributed by atoms with E-state index in [1.165, 1.54) is 0 Å². The van der Waals surface area contributed by atoms with Crippen molar-refractivity contribution in [2.24, 2.45) is 0 Å². The summed E-state index contributed by atoms with van der Waals surface area (Å²) in [5, 5.41) is 5.64. The number of amides is 1. The number of carbonyl (C=O) groups is 1. The second kappa shape index (κ2) is 4.05. The SMILES string of the molecule is CC(C)NC(=O)C1(F)CCNCC1. The summed E-state index contributed by atoms with van der Waals surface area (Å²) in [6.07, 6.45) is 0.567. The first-order valence-electron chi connectivity index (χ1n) is 4.75. The summed E-state index contributed by atoms with van der Waals surface area (Å²) >= 11 is 0. The van der Waals surface area contributed by atoms with E-state index in [1.807, 2.05) is 13.8 Å².